The molecule has 0 aliphatic rings. The molecule has 2 aromatic carbocycles. The number of H-pyrrole nitrogens is 1. The second kappa shape index (κ2) is 8.20. The van der Waals surface area contributed by atoms with Crippen molar-refractivity contribution in [1.82, 2.24) is 24.7 Å². The Kier molecular flexibility index (Phi) is 5.30. The van der Waals surface area contributed by atoms with Crippen molar-refractivity contribution in [2.24, 2.45) is 0 Å². The number of benzene rings is 2. The summed E-state index contributed by atoms with van der Waals surface area (Å²) in [6.45, 7) is 4.17. The highest BCUT2D eigenvalue weighted by Gasteiger charge is 2.14. The number of anilines is 3. The molecule has 0 amide bonds. The third kappa shape index (κ3) is 3.80. The molecule has 30 heavy (non-hydrogen) atoms. The lowest BCUT2D eigenvalue weighted by molar-refractivity contribution is 0.796. The lowest BCUT2D eigenvalue weighted by Crippen LogP contribution is -2.20. The number of nitrogens with one attached hydrogen (secondary N) is 2. The molecule has 4 N–H and O–H groups in total. The number of para-hydroxylation sites is 1. The number of nitrogens with two attached hydrogens (primary N) is 1. The van der Waals surface area contributed by atoms with E-state index in [-0.39, 0.29) is 11.9 Å². The Hall–Kier alpha value is -3.94. The molecule has 8 nitrogen and oxygen atoms in total. The average molecular weight is 401 g/mol. The van der Waals surface area contributed by atoms with Gasteiger partial charge in [-0.05, 0) is 24.0 Å². The molecule has 4 aromatic rings. The smallest absolute Gasteiger partial charge is 0.351 e. The summed E-state index contributed by atoms with van der Waals surface area (Å²) >= 11 is 0. The number of hydrogen-bond acceptors (Lipinski definition) is 6. The largest absolute Gasteiger partial charge is 0.383 e. The zero-order valence-corrected chi connectivity index (χ0v) is 16.9. The minimum atomic E-state index is -0.536. The van der Waals surface area contributed by atoms with E-state index in [9.17, 15) is 4.79 Å². The van der Waals surface area contributed by atoms with Gasteiger partial charge in [0.05, 0.1) is 5.69 Å². The minimum Gasteiger partial charge on any atom is -0.383 e. The van der Waals surface area contributed by atoms with E-state index in [4.69, 9.17) is 5.73 Å². The second-order valence-electron chi connectivity index (χ2n) is 6.82. The molecule has 0 bridgehead atoms. The van der Waals surface area contributed by atoms with Gasteiger partial charge in [0.2, 0.25) is 5.95 Å². The molecule has 0 aliphatic carbocycles. The number of aromatic amines is 1. The van der Waals surface area contributed by atoms with E-state index in [0.717, 1.165) is 35.2 Å². The van der Waals surface area contributed by atoms with E-state index in [0.29, 0.717) is 11.5 Å². The fourth-order valence-corrected chi connectivity index (χ4v) is 3.35. The number of nitrogen functional groups attached to an aromatic ring is 1. The van der Waals surface area contributed by atoms with Crippen LogP contribution in [0.4, 0.5) is 17.5 Å². The van der Waals surface area contributed by atoms with E-state index < -0.39 is 5.69 Å². The Morgan fingerprint density at radius 2 is 1.70 bits per heavy atom. The van der Waals surface area contributed by atoms with E-state index in [2.05, 4.69) is 51.3 Å². The fourth-order valence-electron chi connectivity index (χ4n) is 3.35. The highest BCUT2D eigenvalue weighted by atomic mass is 16.1. The number of aromatic nitrogens is 5. The van der Waals surface area contributed by atoms with Gasteiger partial charge in [-0.3, -0.25) is 4.98 Å². The summed E-state index contributed by atoms with van der Waals surface area (Å²) < 4.78 is 1.37. The van der Waals surface area contributed by atoms with Crippen molar-refractivity contribution >= 4 is 17.5 Å². The zero-order valence-electron chi connectivity index (χ0n) is 16.9. The van der Waals surface area contributed by atoms with Crippen LogP contribution in [-0.2, 0) is 12.8 Å². The maximum Gasteiger partial charge on any atom is 0.351 e. The molecule has 0 radical (unpaired) electrons. The normalized spacial score (nSPS) is 10.9. The van der Waals surface area contributed by atoms with E-state index in [1.807, 2.05) is 36.4 Å². The van der Waals surface area contributed by atoms with Crippen molar-refractivity contribution in [3.05, 3.63) is 76.2 Å². The van der Waals surface area contributed by atoms with Crippen molar-refractivity contribution in [1.29, 1.82) is 0 Å². The van der Waals surface area contributed by atoms with Crippen molar-refractivity contribution in [3.63, 3.8) is 0 Å². The van der Waals surface area contributed by atoms with Gasteiger partial charge in [-0.15, -0.1) is 0 Å². The first-order valence-electron chi connectivity index (χ1n) is 9.86. The quantitative estimate of drug-likeness (QED) is 0.456. The molecule has 0 saturated carbocycles. The molecule has 2 aromatic heterocycles. The maximum atomic E-state index is 12.2. The molecule has 4 rings (SSSR count). The van der Waals surface area contributed by atoms with Crippen LogP contribution < -0.4 is 16.7 Å². The molecule has 8 heteroatoms. The Bertz CT molecular complexity index is 1210. The molecular weight excluding hydrogens is 378 g/mol. The van der Waals surface area contributed by atoms with E-state index in [1.54, 1.807) is 6.07 Å². The molecule has 2 heterocycles. The fraction of sp³-hybridized carbons (Fsp3) is 0.182. The van der Waals surface area contributed by atoms with Crippen LogP contribution in [0.15, 0.2) is 59.4 Å². The minimum absolute atomic E-state index is 0.105. The average Bonchev–Trinajstić information content (AvgIpc) is 3.16. The standard InChI is InChI=1S/C22H23N7O/c1-3-14-11-8-12-15(4-2)19(14)24-20-25-21(27-22(30)26-20)29-18(23)13-17(28-29)16-9-6-5-7-10-16/h5-13H,3-4,23H2,1-2H3,(H2,24,25,26,27,30). The molecule has 0 aliphatic heterocycles. The van der Waals surface area contributed by atoms with Crippen LogP contribution in [0, 0.1) is 0 Å². The van der Waals surface area contributed by atoms with Crippen molar-refractivity contribution in [2.75, 3.05) is 11.1 Å². The van der Waals surface area contributed by atoms with Gasteiger partial charge in [0.15, 0.2) is 0 Å². The number of hydrogen-bond donors (Lipinski definition) is 3. The highest BCUT2D eigenvalue weighted by Crippen LogP contribution is 2.25. The predicted molar refractivity (Wildman–Crippen MR) is 118 cm³/mol. The van der Waals surface area contributed by atoms with Gasteiger partial charge in [0, 0.05) is 17.3 Å². The Morgan fingerprint density at radius 1 is 1.00 bits per heavy atom. The van der Waals surface area contributed by atoms with Crippen LogP contribution in [0.2, 0.25) is 0 Å². The lowest BCUT2D eigenvalue weighted by Gasteiger charge is -2.14. The van der Waals surface area contributed by atoms with Crippen LogP contribution in [-0.4, -0.2) is 24.7 Å². The summed E-state index contributed by atoms with van der Waals surface area (Å²) in [5, 5.41) is 7.76. The van der Waals surface area contributed by atoms with Crippen LogP contribution in [0.5, 0.6) is 0 Å². The van der Waals surface area contributed by atoms with Crippen LogP contribution in [0.1, 0.15) is 25.0 Å². The van der Waals surface area contributed by atoms with Gasteiger partial charge in [0.1, 0.15) is 5.82 Å². The maximum absolute atomic E-state index is 12.2. The van der Waals surface area contributed by atoms with Gasteiger partial charge < -0.3 is 11.1 Å². The summed E-state index contributed by atoms with van der Waals surface area (Å²) in [6, 6.07) is 17.5. The number of rotatable bonds is 6. The van der Waals surface area contributed by atoms with E-state index >= 15 is 0 Å². The molecular formula is C22H23N7O. The predicted octanol–water partition coefficient (Wildman–Crippen LogP) is 3.47. The first kappa shape index (κ1) is 19.4. The molecule has 0 fully saturated rings. The summed E-state index contributed by atoms with van der Waals surface area (Å²) in [4.78, 5) is 23.3. The first-order valence-corrected chi connectivity index (χ1v) is 9.86. The van der Waals surface area contributed by atoms with Crippen LogP contribution >= 0.6 is 0 Å². The Morgan fingerprint density at radius 3 is 2.37 bits per heavy atom. The third-order valence-corrected chi connectivity index (χ3v) is 4.88. The number of aryl methyl sites for hydroxylation is 2. The summed E-state index contributed by atoms with van der Waals surface area (Å²) in [5.41, 5.74) is 10.4. The molecule has 152 valence electrons. The Labute approximate surface area is 173 Å². The topological polar surface area (TPSA) is 115 Å². The molecule has 0 spiro atoms. The van der Waals surface area contributed by atoms with Crippen LogP contribution in [0.25, 0.3) is 17.2 Å². The lowest BCUT2D eigenvalue weighted by atomic mass is 10.0. The van der Waals surface area contributed by atoms with Gasteiger partial charge in [-0.25, -0.2) is 4.79 Å². The Balaban J connectivity index is 1.74. The SMILES string of the molecule is CCc1cccc(CC)c1Nc1nc(-n2nc(-c3ccccc3)cc2N)nc(=O)[nH]1. The highest BCUT2D eigenvalue weighted by molar-refractivity contribution is 5.65. The van der Waals surface area contributed by atoms with Crippen molar-refractivity contribution < 1.29 is 0 Å². The summed E-state index contributed by atoms with van der Waals surface area (Å²) in [7, 11) is 0. The van der Waals surface area contributed by atoms with Crippen LogP contribution in [0.3, 0.4) is 0 Å². The van der Waals surface area contributed by atoms with Gasteiger partial charge >= 0.3 is 5.69 Å². The molecule has 0 atom stereocenters. The number of nitrogens with zero attached hydrogens (tertiary/aromatic N) is 4. The van der Waals surface area contributed by atoms with Crippen molar-refractivity contribution in [3.8, 4) is 17.2 Å². The third-order valence-electron chi connectivity index (χ3n) is 4.88. The van der Waals surface area contributed by atoms with Gasteiger partial charge in [-0.1, -0.05) is 62.4 Å². The molecule has 0 unspecified atom stereocenters. The summed E-state index contributed by atoms with van der Waals surface area (Å²) in [6.07, 6.45) is 1.70. The monoisotopic (exact) mass is 401 g/mol. The second-order valence-corrected chi connectivity index (χ2v) is 6.82. The first-order chi connectivity index (χ1) is 14.6. The van der Waals surface area contributed by atoms with Gasteiger partial charge in [0.25, 0.3) is 5.95 Å². The zero-order chi connectivity index (χ0) is 21.1. The van der Waals surface area contributed by atoms with E-state index in [1.165, 1.54) is 4.68 Å². The summed E-state index contributed by atoms with van der Waals surface area (Å²) in [5.74, 6) is 0.735. The van der Waals surface area contributed by atoms with Gasteiger partial charge in [-0.2, -0.15) is 19.7 Å². The van der Waals surface area contributed by atoms with Crippen molar-refractivity contribution in [2.45, 2.75) is 26.7 Å². The molecule has 0 saturated heterocycles.